The fourth-order valence-electron chi connectivity index (χ4n) is 3.81. The normalized spacial score (nSPS) is 17.6. The highest BCUT2D eigenvalue weighted by Gasteiger charge is 2.36. The van der Waals surface area contributed by atoms with E-state index in [1.165, 1.54) is 11.1 Å². The first-order valence-electron chi connectivity index (χ1n) is 11.4. The van der Waals surface area contributed by atoms with Crippen molar-refractivity contribution in [2.45, 2.75) is 31.1 Å². The Kier molecular flexibility index (Phi) is 8.49. The lowest BCUT2D eigenvalue weighted by molar-refractivity contribution is -0.0412. The van der Waals surface area contributed by atoms with Crippen molar-refractivity contribution < 1.29 is 22.6 Å². The summed E-state index contributed by atoms with van der Waals surface area (Å²) in [5.41, 5.74) is 2.23. The van der Waals surface area contributed by atoms with Crippen LogP contribution < -0.4 is 9.57 Å². The Bertz CT molecular complexity index is 1280. The summed E-state index contributed by atoms with van der Waals surface area (Å²) in [5.74, 6) is 0.867. The number of ether oxygens (including phenoxy) is 3. The highest BCUT2D eigenvalue weighted by molar-refractivity contribution is 7.89. The highest BCUT2D eigenvalue weighted by atomic mass is 35.5. The molecule has 0 radical (unpaired) electrons. The van der Waals surface area contributed by atoms with Gasteiger partial charge in [0, 0.05) is 11.6 Å². The summed E-state index contributed by atoms with van der Waals surface area (Å²) >= 11 is 12.5. The molecule has 2 aliphatic rings. The van der Waals surface area contributed by atoms with Crippen LogP contribution in [0, 0.1) is 6.92 Å². The molecule has 1 atom stereocenters. The topological polar surface area (TPSA) is 80.3 Å². The number of hydrazine groups is 1. The van der Waals surface area contributed by atoms with Gasteiger partial charge in [-0.3, -0.25) is 0 Å². The maximum atomic E-state index is 13.3. The Morgan fingerprint density at radius 3 is 2.72 bits per heavy atom. The molecule has 4 rings (SSSR count). The van der Waals surface area contributed by atoms with Crippen LogP contribution in [0.1, 0.15) is 17.5 Å². The monoisotopic (exact) mass is 553 g/mol. The van der Waals surface area contributed by atoms with E-state index in [2.05, 4.69) is 4.83 Å². The number of nitrogens with zero attached hydrogens (tertiary/aromatic N) is 2. The van der Waals surface area contributed by atoms with Crippen molar-refractivity contribution in [3.8, 4) is 5.75 Å². The van der Waals surface area contributed by atoms with Crippen molar-refractivity contribution in [1.29, 1.82) is 0 Å². The van der Waals surface area contributed by atoms with Gasteiger partial charge >= 0.3 is 0 Å². The van der Waals surface area contributed by atoms with Crippen LogP contribution in [0.15, 0.2) is 64.9 Å². The molecule has 0 amide bonds. The summed E-state index contributed by atoms with van der Waals surface area (Å²) in [6, 6.07) is 10.2. The molecule has 1 fully saturated rings. The number of hydrogen-bond donors (Lipinski definition) is 1. The molecule has 194 valence electrons. The number of benzene rings is 2. The Morgan fingerprint density at radius 2 is 1.94 bits per heavy atom. The van der Waals surface area contributed by atoms with E-state index in [1.54, 1.807) is 31.2 Å². The van der Waals surface area contributed by atoms with Gasteiger partial charge < -0.3 is 19.1 Å². The number of allylic oxidation sites excluding steroid dienone is 2. The van der Waals surface area contributed by atoms with E-state index >= 15 is 0 Å². The Morgan fingerprint density at radius 1 is 1.14 bits per heavy atom. The van der Waals surface area contributed by atoms with Crippen LogP contribution in [-0.4, -0.2) is 58.4 Å². The van der Waals surface area contributed by atoms with Crippen LogP contribution in [0.25, 0.3) is 0 Å². The summed E-state index contributed by atoms with van der Waals surface area (Å²) in [6.45, 7) is 3.55. The zero-order valence-corrected chi connectivity index (χ0v) is 22.7. The number of halogens is 2. The van der Waals surface area contributed by atoms with Gasteiger partial charge in [0.25, 0.3) is 10.0 Å². The largest absolute Gasteiger partial charge is 0.491 e. The van der Waals surface area contributed by atoms with E-state index in [1.807, 2.05) is 37.2 Å². The third-order valence-electron chi connectivity index (χ3n) is 5.80. The van der Waals surface area contributed by atoms with Crippen molar-refractivity contribution in [3.63, 3.8) is 0 Å². The maximum absolute atomic E-state index is 13.3. The van der Waals surface area contributed by atoms with Crippen molar-refractivity contribution in [2.24, 2.45) is 0 Å². The van der Waals surface area contributed by atoms with E-state index in [9.17, 15) is 8.42 Å². The number of rotatable bonds is 10. The highest BCUT2D eigenvalue weighted by Crippen LogP contribution is 2.32. The minimum Gasteiger partial charge on any atom is -0.491 e. The molecule has 1 saturated heterocycles. The molecule has 2 aromatic carbocycles. The molecule has 0 bridgehead atoms. The fourth-order valence-corrected chi connectivity index (χ4v) is 5.53. The van der Waals surface area contributed by atoms with Gasteiger partial charge in [0.05, 0.1) is 16.5 Å². The molecule has 0 aliphatic carbocycles. The lowest BCUT2D eigenvalue weighted by Gasteiger charge is -2.34. The molecular weight excluding hydrogens is 525 g/mol. The van der Waals surface area contributed by atoms with Gasteiger partial charge in [-0.25, -0.2) is 13.4 Å². The first-order valence-corrected chi connectivity index (χ1v) is 13.7. The van der Waals surface area contributed by atoms with Crippen LogP contribution >= 0.6 is 23.2 Å². The third kappa shape index (κ3) is 6.16. The molecule has 2 aromatic rings. The molecular formula is C25H29Cl2N3O5S. The van der Waals surface area contributed by atoms with Gasteiger partial charge in [0.2, 0.25) is 5.88 Å². The SMILES string of the molecule is Cc1c(Cl)cccc1S(=O)(=O)NN1C(OCc2ccc(Cl)c(OCCN(C)C)c2)=CC=C2CCOC21. The molecule has 8 nitrogen and oxygen atoms in total. The Labute approximate surface area is 222 Å². The van der Waals surface area contributed by atoms with Gasteiger partial charge in [-0.15, -0.1) is 4.83 Å². The van der Waals surface area contributed by atoms with Crippen molar-refractivity contribution >= 4 is 33.2 Å². The summed E-state index contributed by atoms with van der Waals surface area (Å²) < 4.78 is 44.3. The van der Waals surface area contributed by atoms with Crippen molar-refractivity contribution in [1.82, 2.24) is 14.7 Å². The van der Waals surface area contributed by atoms with E-state index in [4.69, 9.17) is 37.4 Å². The number of sulfonamides is 1. The molecule has 11 heteroatoms. The average molecular weight is 554 g/mol. The van der Waals surface area contributed by atoms with E-state index in [0.717, 1.165) is 17.7 Å². The molecule has 2 heterocycles. The first kappa shape index (κ1) is 26.8. The van der Waals surface area contributed by atoms with E-state index < -0.39 is 16.3 Å². The van der Waals surface area contributed by atoms with Crippen molar-refractivity contribution in [3.05, 3.63) is 81.2 Å². The van der Waals surface area contributed by atoms with Gasteiger partial charge in [-0.1, -0.05) is 41.4 Å². The van der Waals surface area contributed by atoms with Gasteiger partial charge in [0.1, 0.15) is 19.0 Å². The van der Waals surface area contributed by atoms with Crippen molar-refractivity contribution in [2.75, 3.05) is 33.9 Å². The summed E-state index contributed by atoms with van der Waals surface area (Å²) in [5, 5.41) is 2.28. The molecule has 1 N–H and O–H groups in total. The van der Waals surface area contributed by atoms with Crippen LogP contribution in [0.5, 0.6) is 5.75 Å². The molecule has 0 aromatic heterocycles. The van der Waals surface area contributed by atoms with Gasteiger partial charge in [-0.05, 0) is 74.5 Å². The first-order chi connectivity index (χ1) is 17.2. The van der Waals surface area contributed by atoms with Crippen LogP contribution in [0.4, 0.5) is 0 Å². The van der Waals surface area contributed by atoms with Crippen LogP contribution in [0.3, 0.4) is 0 Å². The zero-order valence-electron chi connectivity index (χ0n) is 20.3. The number of fused-ring (bicyclic) bond motifs is 1. The molecule has 1 unspecified atom stereocenters. The second-order valence-electron chi connectivity index (χ2n) is 8.75. The second-order valence-corrected chi connectivity index (χ2v) is 11.2. The van der Waals surface area contributed by atoms with E-state index in [-0.39, 0.29) is 11.5 Å². The predicted molar refractivity (Wildman–Crippen MR) is 139 cm³/mol. The number of likely N-dealkylation sites (N-methyl/N-ethyl adjacent to an activating group) is 1. The smallest absolute Gasteiger partial charge is 0.257 e. The zero-order chi connectivity index (χ0) is 25.9. The Hall–Kier alpha value is -2.27. The molecule has 0 saturated carbocycles. The molecule has 2 aliphatic heterocycles. The van der Waals surface area contributed by atoms with Crippen LogP contribution in [0.2, 0.25) is 10.0 Å². The maximum Gasteiger partial charge on any atom is 0.257 e. The van der Waals surface area contributed by atoms with Crippen LogP contribution in [-0.2, 0) is 26.1 Å². The number of nitrogens with one attached hydrogen (secondary N) is 1. The predicted octanol–water partition coefficient (Wildman–Crippen LogP) is 4.48. The third-order valence-corrected chi connectivity index (χ3v) is 7.98. The minimum absolute atomic E-state index is 0.0839. The quantitative estimate of drug-likeness (QED) is 0.464. The molecule has 0 spiro atoms. The average Bonchev–Trinajstić information content (AvgIpc) is 3.31. The standard InChI is InChI=1S/C25H29Cl2N3O5S/c1-17-20(26)5-4-6-23(17)36(31,32)28-30-24(10-8-19-11-13-34-25(19)30)35-16-18-7-9-21(27)22(15-18)33-14-12-29(2)3/h4-10,15,25,28H,11-14,16H2,1-3H3. The minimum atomic E-state index is -3.98. The van der Waals surface area contributed by atoms with Gasteiger partial charge in [-0.2, -0.15) is 0 Å². The Balaban J connectivity index is 1.52. The lowest BCUT2D eigenvalue weighted by Crippen LogP contribution is -2.49. The van der Waals surface area contributed by atoms with Gasteiger partial charge in [0.15, 0.2) is 6.23 Å². The summed E-state index contributed by atoms with van der Waals surface area (Å²) in [7, 11) is -0.0413. The summed E-state index contributed by atoms with van der Waals surface area (Å²) in [4.78, 5) is 4.74. The summed E-state index contributed by atoms with van der Waals surface area (Å²) in [6.07, 6.45) is 3.74. The number of hydrogen-bond acceptors (Lipinski definition) is 7. The molecule has 36 heavy (non-hydrogen) atoms. The second kappa shape index (κ2) is 11.4. The van der Waals surface area contributed by atoms with E-state index in [0.29, 0.717) is 46.9 Å². The fraction of sp³-hybridized carbons (Fsp3) is 0.360. The lowest BCUT2D eigenvalue weighted by atomic mass is 10.1.